The van der Waals surface area contributed by atoms with Gasteiger partial charge in [-0.2, -0.15) is 0 Å². The molecule has 144 valence electrons. The number of carbonyl (C=O) groups is 2. The summed E-state index contributed by atoms with van der Waals surface area (Å²) in [6, 6.07) is 13.7. The first kappa shape index (κ1) is 18.2. The van der Waals surface area contributed by atoms with Crippen LogP contribution in [-0.2, 0) is 22.6 Å². The highest BCUT2D eigenvalue weighted by Crippen LogP contribution is 2.14. The lowest BCUT2D eigenvalue weighted by atomic mass is 10.1. The second-order valence-corrected chi connectivity index (χ2v) is 7.05. The van der Waals surface area contributed by atoms with Crippen molar-refractivity contribution in [2.75, 3.05) is 13.1 Å². The third-order valence-corrected chi connectivity index (χ3v) is 5.00. The second-order valence-electron chi connectivity index (χ2n) is 7.05. The van der Waals surface area contributed by atoms with Crippen molar-refractivity contribution in [2.45, 2.75) is 25.4 Å². The van der Waals surface area contributed by atoms with Crippen molar-refractivity contribution < 1.29 is 14.0 Å². The largest absolute Gasteiger partial charge is 0.350 e. The number of carbonyl (C=O) groups excluding carboxylic acids is 2. The van der Waals surface area contributed by atoms with Crippen molar-refractivity contribution in [1.82, 2.24) is 19.8 Å². The van der Waals surface area contributed by atoms with Gasteiger partial charge in [-0.05, 0) is 36.2 Å². The van der Waals surface area contributed by atoms with Crippen molar-refractivity contribution in [3.8, 4) is 0 Å². The van der Waals surface area contributed by atoms with Crippen LogP contribution in [0.5, 0.6) is 0 Å². The molecular formula is C21H21FN4O2. The number of benzene rings is 2. The Hall–Kier alpha value is -3.22. The van der Waals surface area contributed by atoms with Crippen LogP contribution in [-0.4, -0.2) is 45.4 Å². The van der Waals surface area contributed by atoms with Crippen molar-refractivity contribution in [1.29, 1.82) is 0 Å². The number of imidazole rings is 1. The molecule has 7 heteroatoms. The van der Waals surface area contributed by atoms with Gasteiger partial charge in [-0.25, -0.2) is 9.37 Å². The van der Waals surface area contributed by atoms with Gasteiger partial charge in [-0.1, -0.05) is 24.3 Å². The Bertz CT molecular complexity index is 999. The molecule has 1 N–H and O–H groups in total. The number of fused-ring (bicyclic) bond motifs is 1. The Balaban J connectivity index is 1.30. The molecule has 1 fully saturated rings. The molecule has 1 aliphatic heterocycles. The summed E-state index contributed by atoms with van der Waals surface area (Å²) in [4.78, 5) is 30.7. The van der Waals surface area contributed by atoms with E-state index in [0.717, 1.165) is 16.6 Å². The maximum Gasteiger partial charge on any atom is 0.240 e. The number of rotatable bonds is 6. The van der Waals surface area contributed by atoms with E-state index in [4.69, 9.17) is 0 Å². The fraction of sp³-hybridized carbons (Fsp3) is 0.286. The minimum Gasteiger partial charge on any atom is -0.350 e. The zero-order valence-electron chi connectivity index (χ0n) is 15.3. The minimum atomic E-state index is -0.269. The van der Waals surface area contributed by atoms with Crippen molar-refractivity contribution in [3.05, 3.63) is 66.2 Å². The summed E-state index contributed by atoms with van der Waals surface area (Å²) in [5.74, 6) is -0.378. The van der Waals surface area contributed by atoms with Gasteiger partial charge in [-0.15, -0.1) is 0 Å². The molecule has 0 saturated carbocycles. The number of para-hydroxylation sites is 2. The Kier molecular flexibility index (Phi) is 5.06. The Morgan fingerprint density at radius 1 is 1.18 bits per heavy atom. The molecular weight excluding hydrogens is 359 g/mol. The SMILES string of the molecule is O=C(Cn1cnc2ccccc21)NC1CC(=O)N(CCc2ccc(F)cc2)C1. The van der Waals surface area contributed by atoms with Crippen LogP contribution in [0.15, 0.2) is 54.9 Å². The normalized spacial score (nSPS) is 16.7. The fourth-order valence-corrected chi connectivity index (χ4v) is 3.56. The van der Waals surface area contributed by atoms with Crippen LogP contribution < -0.4 is 5.32 Å². The quantitative estimate of drug-likeness (QED) is 0.712. The highest BCUT2D eigenvalue weighted by molar-refractivity contribution is 5.83. The van der Waals surface area contributed by atoms with E-state index in [-0.39, 0.29) is 30.2 Å². The van der Waals surface area contributed by atoms with Crippen LogP contribution in [0.1, 0.15) is 12.0 Å². The molecule has 28 heavy (non-hydrogen) atoms. The molecule has 1 unspecified atom stereocenters. The minimum absolute atomic E-state index is 0.0282. The van der Waals surface area contributed by atoms with Gasteiger partial charge in [-0.3, -0.25) is 9.59 Å². The molecule has 1 saturated heterocycles. The average molecular weight is 380 g/mol. The molecule has 0 spiro atoms. The first-order valence-electron chi connectivity index (χ1n) is 9.30. The first-order chi connectivity index (χ1) is 13.6. The summed E-state index contributed by atoms with van der Waals surface area (Å²) in [6.07, 6.45) is 2.62. The van der Waals surface area contributed by atoms with E-state index in [1.165, 1.54) is 12.1 Å². The Morgan fingerprint density at radius 3 is 2.79 bits per heavy atom. The number of hydrogen-bond donors (Lipinski definition) is 1. The van der Waals surface area contributed by atoms with Crippen LogP contribution in [0.4, 0.5) is 4.39 Å². The van der Waals surface area contributed by atoms with Crippen LogP contribution in [0, 0.1) is 5.82 Å². The number of nitrogens with zero attached hydrogens (tertiary/aromatic N) is 3. The third kappa shape index (κ3) is 4.03. The van der Waals surface area contributed by atoms with Gasteiger partial charge in [0.25, 0.3) is 0 Å². The zero-order chi connectivity index (χ0) is 19.5. The van der Waals surface area contributed by atoms with Crippen molar-refractivity contribution in [3.63, 3.8) is 0 Å². The summed E-state index contributed by atoms with van der Waals surface area (Å²) in [6.45, 7) is 1.22. The van der Waals surface area contributed by atoms with Crippen molar-refractivity contribution in [2.24, 2.45) is 0 Å². The molecule has 0 aliphatic carbocycles. The van der Waals surface area contributed by atoms with E-state index in [9.17, 15) is 14.0 Å². The number of nitrogens with one attached hydrogen (secondary N) is 1. The highest BCUT2D eigenvalue weighted by Gasteiger charge is 2.30. The van der Waals surface area contributed by atoms with Crippen molar-refractivity contribution >= 4 is 22.8 Å². The van der Waals surface area contributed by atoms with Gasteiger partial charge < -0.3 is 14.8 Å². The van der Waals surface area contributed by atoms with Gasteiger partial charge >= 0.3 is 0 Å². The summed E-state index contributed by atoms with van der Waals surface area (Å²) < 4.78 is 14.8. The van der Waals surface area contributed by atoms with Crippen LogP contribution in [0.25, 0.3) is 11.0 Å². The summed E-state index contributed by atoms with van der Waals surface area (Å²) in [5, 5.41) is 2.95. The molecule has 6 nitrogen and oxygen atoms in total. The van der Waals surface area contributed by atoms with E-state index >= 15 is 0 Å². The van der Waals surface area contributed by atoms with E-state index in [1.54, 1.807) is 27.9 Å². The number of aromatic nitrogens is 2. The summed E-state index contributed by atoms with van der Waals surface area (Å²) in [5.41, 5.74) is 2.73. The highest BCUT2D eigenvalue weighted by atomic mass is 19.1. The molecule has 2 heterocycles. The molecule has 1 atom stereocenters. The van der Waals surface area contributed by atoms with E-state index in [1.807, 2.05) is 24.3 Å². The molecule has 3 aromatic rings. The molecule has 1 aliphatic rings. The third-order valence-electron chi connectivity index (χ3n) is 5.00. The maximum atomic E-state index is 13.0. The van der Waals surface area contributed by atoms with E-state index in [0.29, 0.717) is 25.9 Å². The summed E-state index contributed by atoms with van der Waals surface area (Å²) in [7, 11) is 0. The Morgan fingerprint density at radius 2 is 1.96 bits per heavy atom. The van der Waals surface area contributed by atoms with Gasteiger partial charge in [0, 0.05) is 19.5 Å². The molecule has 4 rings (SSSR count). The predicted molar refractivity (Wildman–Crippen MR) is 103 cm³/mol. The summed E-state index contributed by atoms with van der Waals surface area (Å²) >= 11 is 0. The predicted octanol–water partition coefficient (Wildman–Crippen LogP) is 2.14. The average Bonchev–Trinajstić information content (AvgIpc) is 3.24. The van der Waals surface area contributed by atoms with Crippen LogP contribution in [0.2, 0.25) is 0 Å². The van der Waals surface area contributed by atoms with E-state index in [2.05, 4.69) is 10.3 Å². The number of likely N-dealkylation sites (tertiary alicyclic amines) is 1. The lowest BCUT2D eigenvalue weighted by molar-refractivity contribution is -0.127. The van der Waals surface area contributed by atoms with Gasteiger partial charge in [0.15, 0.2) is 0 Å². The van der Waals surface area contributed by atoms with Gasteiger partial charge in [0.1, 0.15) is 12.4 Å². The Labute approximate surface area is 162 Å². The van der Waals surface area contributed by atoms with Crippen LogP contribution in [0.3, 0.4) is 0 Å². The molecule has 2 amide bonds. The maximum absolute atomic E-state index is 13.0. The number of halogens is 1. The molecule has 2 aromatic carbocycles. The molecule has 0 radical (unpaired) electrons. The zero-order valence-corrected chi connectivity index (χ0v) is 15.3. The first-order valence-corrected chi connectivity index (χ1v) is 9.30. The van der Waals surface area contributed by atoms with Gasteiger partial charge in [0.05, 0.1) is 23.4 Å². The second kappa shape index (κ2) is 7.80. The fourth-order valence-electron chi connectivity index (χ4n) is 3.56. The topological polar surface area (TPSA) is 67.2 Å². The smallest absolute Gasteiger partial charge is 0.240 e. The van der Waals surface area contributed by atoms with Crippen LogP contribution >= 0.6 is 0 Å². The van der Waals surface area contributed by atoms with E-state index < -0.39 is 0 Å². The number of amides is 2. The van der Waals surface area contributed by atoms with Gasteiger partial charge in [0.2, 0.25) is 11.8 Å². The molecule has 0 bridgehead atoms. The standard InChI is InChI=1S/C21H21FN4O2/c22-16-7-5-15(6-8-16)9-10-25-12-17(11-21(25)28)24-20(27)13-26-14-23-18-3-1-2-4-19(18)26/h1-8,14,17H,9-13H2,(H,24,27). The molecule has 1 aromatic heterocycles. The lowest BCUT2D eigenvalue weighted by Gasteiger charge is -2.17. The monoisotopic (exact) mass is 380 g/mol. The lowest BCUT2D eigenvalue weighted by Crippen LogP contribution is -2.39. The number of hydrogen-bond acceptors (Lipinski definition) is 3.